The highest BCUT2D eigenvalue weighted by atomic mass is 16.6. The van der Waals surface area contributed by atoms with Crippen molar-refractivity contribution >= 4 is 5.97 Å². The van der Waals surface area contributed by atoms with Crippen LogP contribution >= 0.6 is 0 Å². The first kappa shape index (κ1) is 13.8. The van der Waals surface area contributed by atoms with Gasteiger partial charge in [-0.1, -0.05) is 12.8 Å². The Bertz CT molecular complexity index is 268. The van der Waals surface area contributed by atoms with Crippen molar-refractivity contribution in [1.82, 2.24) is 5.32 Å². The van der Waals surface area contributed by atoms with E-state index >= 15 is 0 Å². The molecule has 0 radical (unpaired) electrons. The van der Waals surface area contributed by atoms with E-state index in [1.807, 2.05) is 13.8 Å². The molecule has 4 nitrogen and oxygen atoms in total. The highest BCUT2D eigenvalue weighted by Gasteiger charge is 2.39. The molecule has 1 saturated heterocycles. The number of carbonyl (C=O) groups is 1. The maximum atomic E-state index is 12.0. The highest BCUT2D eigenvalue weighted by Crippen LogP contribution is 2.33. The second-order valence-corrected chi connectivity index (χ2v) is 5.51. The van der Waals surface area contributed by atoms with Crippen molar-refractivity contribution in [1.29, 1.82) is 0 Å². The monoisotopic (exact) mass is 255 g/mol. The molecule has 0 aromatic carbocycles. The third-order valence-corrected chi connectivity index (χ3v) is 4.02. The van der Waals surface area contributed by atoms with Crippen molar-refractivity contribution in [2.75, 3.05) is 13.2 Å². The van der Waals surface area contributed by atoms with Crippen LogP contribution in [0.1, 0.15) is 46.0 Å². The molecule has 2 aliphatic rings. The van der Waals surface area contributed by atoms with Crippen molar-refractivity contribution in [3.8, 4) is 0 Å². The van der Waals surface area contributed by atoms with E-state index in [1.165, 1.54) is 25.7 Å². The fraction of sp³-hybridized carbons (Fsp3) is 0.929. The normalized spacial score (nSPS) is 32.9. The molecule has 1 aliphatic heterocycles. The van der Waals surface area contributed by atoms with Gasteiger partial charge in [-0.2, -0.15) is 0 Å². The molecule has 0 bridgehead atoms. The fourth-order valence-corrected chi connectivity index (χ4v) is 3.10. The average Bonchev–Trinajstić information content (AvgIpc) is 2.80. The molecule has 4 atom stereocenters. The third-order valence-electron chi connectivity index (χ3n) is 4.02. The largest absolute Gasteiger partial charge is 0.459 e. The second-order valence-electron chi connectivity index (χ2n) is 5.51. The first-order valence-electron chi connectivity index (χ1n) is 7.25. The van der Waals surface area contributed by atoms with Gasteiger partial charge in [-0.05, 0) is 39.0 Å². The average molecular weight is 255 g/mol. The molecule has 0 spiro atoms. The van der Waals surface area contributed by atoms with Gasteiger partial charge in [0.1, 0.15) is 12.1 Å². The minimum atomic E-state index is -0.151. The van der Waals surface area contributed by atoms with Crippen LogP contribution in [0.25, 0.3) is 0 Å². The number of rotatable bonds is 5. The van der Waals surface area contributed by atoms with Crippen LogP contribution < -0.4 is 5.32 Å². The molecular formula is C14H25NO3. The van der Waals surface area contributed by atoms with Gasteiger partial charge < -0.3 is 14.8 Å². The first-order chi connectivity index (χ1) is 8.70. The Kier molecular flexibility index (Phi) is 5.01. The van der Waals surface area contributed by atoms with Crippen LogP contribution in [0.5, 0.6) is 0 Å². The first-order valence-corrected chi connectivity index (χ1v) is 7.25. The van der Waals surface area contributed by atoms with Crippen molar-refractivity contribution in [2.24, 2.45) is 5.92 Å². The Morgan fingerprint density at radius 3 is 2.89 bits per heavy atom. The van der Waals surface area contributed by atoms with E-state index in [2.05, 4.69) is 5.32 Å². The maximum absolute atomic E-state index is 12.0. The summed E-state index contributed by atoms with van der Waals surface area (Å²) in [5.74, 6) is 0.579. The Morgan fingerprint density at radius 1 is 1.39 bits per heavy atom. The molecule has 1 aliphatic carbocycles. The van der Waals surface area contributed by atoms with E-state index in [0.29, 0.717) is 25.2 Å². The lowest BCUT2D eigenvalue weighted by atomic mass is 9.85. The Balaban J connectivity index is 1.76. The number of hydrogen-bond donors (Lipinski definition) is 1. The second kappa shape index (κ2) is 6.53. The molecule has 0 aromatic heterocycles. The zero-order chi connectivity index (χ0) is 13.0. The van der Waals surface area contributed by atoms with Gasteiger partial charge in [-0.15, -0.1) is 0 Å². The van der Waals surface area contributed by atoms with Gasteiger partial charge in [-0.25, -0.2) is 0 Å². The Labute approximate surface area is 109 Å². The summed E-state index contributed by atoms with van der Waals surface area (Å²) in [5.41, 5.74) is 0. The van der Waals surface area contributed by atoms with Crippen LogP contribution in [0.15, 0.2) is 0 Å². The minimum Gasteiger partial charge on any atom is -0.459 e. The molecule has 0 amide bonds. The summed E-state index contributed by atoms with van der Waals surface area (Å²) in [6, 6.07) is 0.445. The molecule has 1 N–H and O–H groups in total. The van der Waals surface area contributed by atoms with Crippen LogP contribution in [0.2, 0.25) is 0 Å². The lowest BCUT2D eigenvalue weighted by molar-refractivity contribution is -0.153. The number of fused-ring (bicyclic) bond motifs is 1. The predicted octanol–water partition coefficient (Wildman–Crippen LogP) is 1.88. The smallest absolute Gasteiger partial charge is 0.323 e. The van der Waals surface area contributed by atoms with Gasteiger partial charge in [-0.3, -0.25) is 4.79 Å². The van der Waals surface area contributed by atoms with Gasteiger partial charge in [0, 0.05) is 12.6 Å². The number of esters is 1. The van der Waals surface area contributed by atoms with E-state index in [9.17, 15) is 4.79 Å². The molecular weight excluding hydrogens is 230 g/mol. The van der Waals surface area contributed by atoms with Crippen LogP contribution in [-0.2, 0) is 14.3 Å². The summed E-state index contributed by atoms with van der Waals surface area (Å²) >= 11 is 0. The number of carbonyl (C=O) groups excluding carboxylic acids is 1. The molecule has 1 saturated carbocycles. The summed E-state index contributed by atoms with van der Waals surface area (Å²) in [6.45, 7) is 4.98. The molecule has 18 heavy (non-hydrogen) atoms. The van der Waals surface area contributed by atoms with E-state index in [1.54, 1.807) is 0 Å². The SMILES string of the molecule is CCOCC(C)OC(=O)C1CC2CCCCC2N1. The van der Waals surface area contributed by atoms with Gasteiger partial charge in [0.2, 0.25) is 0 Å². The molecule has 4 heteroatoms. The van der Waals surface area contributed by atoms with Crippen molar-refractivity contribution < 1.29 is 14.3 Å². The highest BCUT2D eigenvalue weighted by molar-refractivity contribution is 5.76. The Hall–Kier alpha value is -0.610. The summed E-state index contributed by atoms with van der Waals surface area (Å²) < 4.78 is 10.7. The molecule has 0 aromatic rings. The van der Waals surface area contributed by atoms with Crippen LogP contribution in [0, 0.1) is 5.92 Å². The summed E-state index contributed by atoms with van der Waals surface area (Å²) in [6.07, 6.45) is 5.87. The standard InChI is InChI=1S/C14H25NO3/c1-3-17-9-10(2)18-14(16)13-8-11-6-4-5-7-12(11)15-13/h10-13,15H,3-9H2,1-2H3. The van der Waals surface area contributed by atoms with Gasteiger partial charge in [0.25, 0.3) is 0 Å². The van der Waals surface area contributed by atoms with Gasteiger partial charge in [0.15, 0.2) is 0 Å². The number of hydrogen-bond acceptors (Lipinski definition) is 4. The molecule has 2 rings (SSSR count). The van der Waals surface area contributed by atoms with E-state index in [-0.39, 0.29) is 18.1 Å². The zero-order valence-corrected chi connectivity index (χ0v) is 11.5. The van der Waals surface area contributed by atoms with Crippen LogP contribution in [0.3, 0.4) is 0 Å². The van der Waals surface area contributed by atoms with E-state index in [4.69, 9.17) is 9.47 Å². The minimum absolute atomic E-state index is 0.0952. The lowest BCUT2D eigenvalue weighted by Gasteiger charge is -2.24. The topological polar surface area (TPSA) is 47.6 Å². The third kappa shape index (κ3) is 3.45. The van der Waals surface area contributed by atoms with E-state index < -0.39 is 0 Å². The van der Waals surface area contributed by atoms with Crippen LogP contribution in [-0.4, -0.2) is 37.4 Å². The number of ether oxygens (including phenoxy) is 2. The summed E-state index contributed by atoms with van der Waals surface area (Å²) in [7, 11) is 0. The predicted molar refractivity (Wildman–Crippen MR) is 69.3 cm³/mol. The van der Waals surface area contributed by atoms with E-state index in [0.717, 1.165) is 6.42 Å². The van der Waals surface area contributed by atoms with Crippen molar-refractivity contribution in [3.05, 3.63) is 0 Å². The maximum Gasteiger partial charge on any atom is 0.323 e. The Morgan fingerprint density at radius 2 is 2.17 bits per heavy atom. The summed E-state index contributed by atoms with van der Waals surface area (Å²) in [5, 5.41) is 3.44. The molecule has 104 valence electrons. The fourth-order valence-electron chi connectivity index (χ4n) is 3.10. The molecule has 1 heterocycles. The zero-order valence-electron chi connectivity index (χ0n) is 11.5. The van der Waals surface area contributed by atoms with Gasteiger partial charge >= 0.3 is 5.97 Å². The quantitative estimate of drug-likeness (QED) is 0.762. The van der Waals surface area contributed by atoms with Crippen molar-refractivity contribution in [2.45, 2.75) is 64.1 Å². The molecule has 4 unspecified atom stereocenters. The van der Waals surface area contributed by atoms with Gasteiger partial charge in [0.05, 0.1) is 6.61 Å². The molecule has 2 fully saturated rings. The summed E-state index contributed by atoms with van der Waals surface area (Å²) in [4.78, 5) is 12.0. The van der Waals surface area contributed by atoms with Crippen LogP contribution in [0.4, 0.5) is 0 Å². The number of nitrogens with one attached hydrogen (secondary N) is 1. The lowest BCUT2D eigenvalue weighted by Crippen LogP contribution is -2.39. The van der Waals surface area contributed by atoms with Crippen molar-refractivity contribution in [3.63, 3.8) is 0 Å².